The number of nitriles is 2. The number of nitrogens with zero attached hydrogens (tertiary/aromatic N) is 8. The molecule has 3 aliphatic rings. The number of aromatic nitrogens is 2. The number of likely N-dealkylation sites (N-methyl/N-ethyl adjacent to an activating group) is 1. The summed E-state index contributed by atoms with van der Waals surface area (Å²) in [4.78, 5) is 62.4. The number of nitrogens with one attached hydrogen (secondary N) is 2. The fourth-order valence-corrected chi connectivity index (χ4v) is 7.13. The van der Waals surface area contributed by atoms with Gasteiger partial charge in [-0.2, -0.15) is 10.5 Å². The van der Waals surface area contributed by atoms with Gasteiger partial charge in [-0.1, -0.05) is 24.3 Å². The van der Waals surface area contributed by atoms with Gasteiger partial charge in [-0.15, -0.1) is 0 Å². The summed E-state index contributed by atoms with van der Waals surface area (Å²) in [5.41, 5.74) is 6.21. The highest BCUT2D eigenvalue weighted by molar-refractivity contribution is 5.94. The number of carbonyl (C=O) groups excluding carboxylic acids is 4. The van der Waals surface area contributed by atoms with Crippen molar-refractivity contribution in [2.75, 3.05) is 59.4 Å². The normalized spacial score (nSPS) is 16.4. The molecule has 2 aromatic carbocycles. The summed E-state index contributed by atoms with van der Waals surface area (Å²) in [7, 11) is 2.08. The van der Waals surface area contributed by atoms with E-state index in [9.17, 15) is 19.2 Å². The molecule has 7 rings (SSSR count). The lowest BCUT2D eigenvalue weighted by atomic mass is 10.0. The number of piperazine rings is 1. The van der Waals surface area contributed by atoms with Gasteiger partial charge in [0.2, 0.25) is 6.41 Å². The second kappa shape index (κ2) is 23.3. The Bertz CT molecular complexity index is 2060. The molecule has 2 N–H and O–H groups in total. The first-order valence-electron chi connectivity index (χ1n) is 20.4. The van der Waals surface area contributed by atoms with Gasteiger partial charge in [0.15, 0.2) is 6.29 Å². The Hall–Kier alpha value is -6.32. The van der Waals surface area contributed by atoms with Crippen molar-refractivity contribution >= 4 is 24.5 Å². The number of carbonyl (C=O) groups is 4. The lowest BCUT2D eigenvalue weighted by molar-refractivity contribution is -0.110. The molecular formula is C46H54N10O4. The average molecular weight is 811 g/mol. The minimum absolute atomic E-state index is 0.0978. The predicted octanol–water partition coefficient (Wildman–Crippen LogP) is 4.21. The molecule has 0 bridgehead atoms. The average Bonchev–Trinajstić information content (AvgIpc) is 3.29. The highest BCUT2D eigenvalue weighted by atomic mass is 16.2. The molecule has 0 radical (unpaired) electrons. The molecule has 0 unspecified atom stereocenters. The molecule has 2 aromatic heterocycles. The maximum atomic E-state index is 12.2. The Labute approximate surface area is 352 Å². The van der Waals surface area contributed by atoms with Crippen molar-refractivity contribution in [1.29, 1.82) is 10.5 Å². The molecule has 14 heteroatoms. The number of piperidine rings is 2. The van der Waals surface area contributed by atoms with Crippen LogP contribution < -0.4 is 10.6 Å². The van der Waals surface area contributed by atoms with Crippen LogP contribution in [0.5, 0.6) is 0 Å². The molecule has 3 fully saturated rings. The van der Waals surface area contributed by atoms with Crippen LogP contribution >= 0.6 is 0 Å². The van der Waals surface area contributed by atoms with E-state index < -0.39 is 0 Å². The Morgan fingerprint density at radius 1 is 0.700 bits per heavy atom. The molecule has 60 heavy (non-hydrogen) atoms. The van der Waals surface area contributed by atoms with Gasteiger partial charge in [0.05, 0.1) is 28.8 Å². The molecule has 3 saturated heterocycles. The number of rotatable bonds is 10. The van der Waals surface area contributed by atoms with Crippen LogP contribution in [0.15, 0.2) is 85.2 Å². The van der Waals surface area contributed by atoms with E-state index in [1.165, 1.54) is 17.3 Å². The van der Waals surface area contributed by atoms with E-state index in [1.807, 2.05) is 72.5 Å². The minimum atomic E-state index is -0.201. The molecule has 0 saturated carbocycles. The lowest BCUT2D eigenvalue weighted by Crippen LogP contribution is -2.47. The topological polar surface area (TPSA) is 179 Å². The van der Waals surface area contributed by atoms with E-state index in [0.29, 0.717) is 40.3 Å². The van der Waals surface area contributed by atoms with Crippen LogP contribution in [0.4, 0.5) is 0 Å². The third kappa shape index (κ3) is 14.2. The maximum absolute atomic E-state index is 12.2. The molecule has 3 aliphatic heterocycles. The maximum Gasteiger partial charge on any atom is 0.270 e. The lowest BCUT2D eigenvalue weighted by Gasteiger charge is -2.32. The smallest absolute Gasteiger partial charge is 0.270 e. The molecule has 312 valence electrons. The SMILES string of the molecule is Cc1ccc(C(=O)N2CCN(C)CC2)cn1.N#Cc1ccc(CN2CCC(NC(=O)c3ccc(C=O)cn3)CC2)cc1.N#Cc1ccc(CN2CCC(NC=O)CC2)cc1. The highest BCUT2D eigenvalue weighted by Crippen LogP contribution is 2.16. The summed E-state index contributed by atoms with van der Waals surface area (Å²) < 4.78 is 0. The van der Waals surface area contributed by atoms with Crippen LogP contribution in [0.2, 0.25) is 0 Å². The van der Waals surface area contributed by atoms with Crippen LogP contribution in [0, 0.1) is 29.6 Å². The van der Waals surface area contributed by atoms with E-state index in [4.69, 9.17) is 10.5 Å². The first-order chi connectivity index (χ1) is 29.2. The van der Waals surface area contributed by atoms with Crippen molar-refractivity contribution in [3.63, 3.8) is 0 Å². The molecular weight excluding hydrogens is 757 g/mol. The summed E-state index contributed by atoms with van der Waals surface area (Å²) in [5.74, 6) is -0.103. The zero-order chi connectivity index (χ0) is 42.7. The first kappa shape index (κ1) is 44.8. The van der Waals surface area contributed by atoms with Gasteiger partial charge in [-0.3, -0.25) is 38.9 Å². The molecule has 5 heterocycles. The van der Waals surface area contributed by atoms with Gasteiger partial charge >= 0.3 is 0 Å². The minimum Gasteiger partial charge on any atom is -0.356 e. The molecule has 3 amide bonds. The Balaban J connectivity index is 0.000000177. The summed E-state index contributed by atoms with van der Waals surface area (Å²) in [6.45, 7) is 11.0. The van der Waals surface area contributed by atoms with E-state index in [1.54, 1.807) is 18.3 Å². The monoisotopic (exact) mass is 810 g/mol. The van der Waals surface area contributed by atoms with Gasteiger partial charge in [0.25, 0.3) is 11.8 Å². The number of hydrogen-bond acceptors (Lipinski definition) is 11. The van der Waals surface area contributed by atoms with Crippen LogP contribution in [-0.2, 0) is 17.9 Å². The quantitative estimate of drug-likeness (QED) is 0.219. The van der Waals surface area contributed by atoms with Crippen molar-refractivity contribution < 1.29 is 19.2 Å². The van der Waals surface area contributed by atoms with Gasteiger partial charge < -0.3 is 20.4 Å². The first-order valence-corrected chi connectivity index (χ1v) is 20.4. The van der Waals surface area contributed by atoms with Crippen molar-refractivity contribution in [3.05, 3.63) is 130 Å². The van der Waals surface area contributed by atoms with Crippen molar-refractivity contribution in [3.8, 4) is 12.1 Å². The zero-order valence-corrected chi connectivity index (χ0v) is 34.5. The van der Waals surface area contributed by atoms with E-state index in [-0.39, 0.29) is 17.9 Å². The van der Waals surface area contributed by atoms with Crippen molar-refractivity contribution in [2.45, 2.75) is 57.8 Å². The summed E-state index contributed by atoms with van der Waals surface area (Å²) in [5, 5.41) is 23.4. The van der Waals surface area contributed by atoms with E-state index >= 15 is 0 Å². The fourth-order valence-electron chi connectivity index (χ4n) is 7.13. The highest BCUT2D eigenvalue weighted by Gasteiger charge is 2.23. The summed E-state index contributed by atoms with van der Waals surface area (Å²) in [6, 6.07) is 27.0. The number of benzene rings is 2. The number of pyridine rings is 2. The second-order valence-electron chi connectivity index (χ2n) is 15.4. The Morgan fingerprint density at radius 2 is 1.25 bits per heavy atom. The molecule has 0 atom stereocenters. The van der Waals surface area contributed by atoms with Crippen molar-refractivity contribution in [2.24, 2.45) is 0 Å². The van der Waals surface area contributed by atoms with Gasteiger partial charge in [-0.05, 0) is 99.3 Å². The number of aryl methyl sites for hydroxylation is 1. The van der Waals surface area contributed by atoms with Crippen LogP contribution in [-0.4, -0.2) is 126 Å². The Morgan fingerprint density at radius 3 is 1.70 bits per heavy atom. The number of hydrogen-bond donors (Lipinski definition) is 2. The van der Waals surface area contributed by atoms with Gasteiger partial charge in [0.1, 0.15) is 5.69 Å². The third-order valence-electron chi connectivity index (χ3n) is 10.9. The molecule has 0 aliphatic carbocycles. The summed E-state index contributed by atoms with van der Waals surface area (Å²) >= 11 is 0. The van der Waals surface area contributed by atoms with Crippen LogP contribution in [0.1, 0.15) is 84.8 Å². The van der Waals surface area contributed by atoms with Crippen LogP contribution in [0.3, 0.4) is 0 Å². The number of likely N-dealkylation sites (tertiary alicyclic amines) is 2. The van der Waals surface area contributed by atoms with Gasteiger partial charge in [-0.25, -0.2) is 0 Å². The van der Waals surface area contributed by atoms with Gasteiger partial charge in [0, 0.05) is 101 Å². The number of aldehydes is 1. The number of amides is 3. The van der Waals surface area contributed by atoms with E-state index in [2.05, 4.69) is 54.5 Å². The third-order valence-corrected chi connectivity index (χ3v) is 10.9. The zero-order valence-electron chi connectivity index (χ0n) is 34.5. The largest absolute Gasteiger partial charge is 0.356 e. The standard InChI is InChI=1S/C20H20N4O2.C14H17N3O.C12H17N3O/c21-11-15-1-3-16(4-2-15)13-24-9-7-18(8-10-24)23-20(26)19-6-5-17(14-25)12-22-19;15-9-12-1-3-13(4-2-12)10-17-7-5-14(6-8-17)16-11-18;1-10-3-4-11(9-13-10)12(16)15-7-5-14(2)6-8-15/h1-6,12,14,18H,7-10,13H2,(H,23,26);1-4,11,14H,5-8,10H2,(H,16,18);3-4,9H,5-8H2,1-2H3. The van der Waals surface area contributed by atoms with Crippen molar-refractivity contribution in [1.82, 2.24) is 40.2 Å². The summed E-state index contributed by atoms with van der Waals surface area (Å²) in [6.07, 6.45) is 8.35. The predicted molar refractivity (Wildman–Crippen MR) is 228 cm³/mol. The molecule has 4 aromatic rings. The van der Waals surface area contributed by atoms with Crippen LogP contribution in [0.25, 0.3) is 0 Å². The fraction of sp³-hybridized carbons (Fsp3) is 0.391. The molecule has 0 spiro atoms. The Kier molecular flexibility index (Phi) is 17.4. The van der Waals surface area contributed by atoms with E-state index in [0.717, 1.165) is 103 Å². The second-order valence-corrected chi connectivity index (χ2v) is 15.4. The molecule has 14 nitrogen and oxygen atoms in total.